The highest BCUT2D eigenvalue weighted by molar-refractivity contribution is 7.99. The highest BCUT2D eigenvalue weighted by Crippen LogP contribution is 2.25. The third-order valence-electron chi connectivity index (χ3n) is 4.95. The molecule has 0 bridgehead atoms. The first-order valence-corrected chi connectivity index (χ1v) is 12.9. The Kier molecular flexibility index (Phi) is 11.7. The molecule has 174 valence electrons. The van der Waals surface area contributed by atoms with Crippen molar-refractivity contribution in [3.63, 3.8) is 0 Å². The highest BCUT2D eigenvalue weighted by atomic mass is 35.5. The Balaban J connectivity index is 2.12. The zero-order valence-corrected chi connectivity index (χ0v) is 21.5. The SMILES string of the molecule is CCCCNC(=O)[C@H](CC)N(Cc1ccc(Cl)c(Cl)c1)C(=O)CCSc1ccc(Cl)cc1. The predicted molar refractivity (Wildman–Crippen MR) is 136 cm³/mol. The molecule has 2 rings (SSSR count). The van der Waals surface area contributed by atoms with E-state index in [2.05, 4.69) is 12.2 Å². The van der Waals surface area contributed by atoms with Gasteiger partial charge in [-0.1, -0.05) is 61.1 Å². The minimum absolute atomic E-state index is 0.0740. The van der Waals surface area contributed by atoms with E-state index in [-0.39, 0.29) is 11.8 Å². The van der Waals surface area contributed by atoms with Crippen LogP contribution in [0, 0.1) is 0 Å². The molecule has 8 heteroatoms. The first-order valence-electron chi connectivity index (χ1n) is 10.7. The van der Waals surface area contributed by atoms with Gasteiger partial charge in [0.15, 0.2) is 0 Å². The topological polar surface area (TPSA) is 49.4 Å². The number of hydrogen-bond acceptors (Lipinski definition) is 3. The molecule has 1 N–H and O–H groups in total. The van der Waals surface area contributed by atoms with Crippen LogP contribution in [-0.4, -0.2) is 35.1 Å². The molecule has 0 aliphatic rings. The molecule has 0 aliphatic heterocycles. The maximum atomic E-state index is 13.2. The van der Waals surface area contributed by atoms with E-state index in [9.17, 15) is 9.59 Å². The standard InChI is InChI=1S/C24H29Cl3N2O2S/c1-3-5-13-28-24(31)22(4-2)29(16-17-6-11-20(26)21(27)15-17)23(30)12-14-32-19-9-7-18(25)8-10-19/h6-11,15,22H,3-5,12-14,16H2,1-2H3,(H,28,31)/t22-/m0/s1. The minimum atomic E-state index is -0.547. The van der Waals surface area contributed by atoms with Crippen molar-refractivity contribution in [2.24, 2.45) is 0 Å². The molecule has 0 heterocycles. The van der Waals surface area contributed by atoms with Gasteiger partial charge in [0.1, 0.15) is 6.04 Å². The lowest BCUT2D eigenvalue weighted by atomic mass is 10.1. The number of amides is 2. The second-order valence-electron chi connectivity index (χ2n) is 7.39. The van der Waals surface area contributed by atoms with Crippen LogP contribution < -0.4 is 5.32 Å². The Morgan fingerprint density at radius 2 is 1.75 bits per heavy atom. The second kappa shape index (κ2) is 14.0. The van der Waals surface area contributed by atoms with Gasteiger partial charge < -0.3 is 10.2 Å². The van der Waals surface area contributed by atoms with Crippen molar-refractivity contribution in [1.82, 2.24) is 10.2 Å². The van der Waals surface area contributed by atoms with Crippen LogP contribution in [0.5, 0.6) is 0 Å². The van der Waals surface area contributed by atoms with E-state index in [1.54, 1.807) is 28.8 Å². The molecule has 0 saturated carbocycles. The smallest absolute Gasteiger partial charge is 0.242 e. The van der Waals surface area contributed by atoms with E-state index in [0.717, 1.165) is 23.3 Å². The molecule has 32 heavy (non-hydrogen) atoms. The molecule has 0 radical (unpaired) electrons. The van der Waals surface area contributed by atoms with Crippen molar-refractivity contribution in [2.45, 2.75) is 57.0 Å². The summed E-state index contributed by atoms with van der Waals surface area (Å²) in [6, 6.07) is 12.3. The monoisotopic (exact) mass is 514 g/mol. The molecular weight excluding hydrogens is 487 g/mol. The predicted octanol–water partition coefficient (Wildman–Crippen LogP) is 6.85. The number of hydrogen-bond donors (Lipinski definition) is 1. The molecule has 0 aromatic heterocycles. The van der Waals surface area contributed by atoms with E-state index in [4.69, 9.17) is 34.8 Å². The zero-order valence-electron chi connectivity index (χ0n) is 18.4. The van der Waals surface area contributed by atoms with Gasteiger partial charge in [-0.25, -0.2) is 0 Å². The molecule has 0 aliphatic carbocycles. The number of thioether (sulfide) groups is 1. The summed E-state index contributed by atoms with van der Waals surface area (Å²) in [5.74, 6) is 0.404. The van der Waals surface area contributed by atoms with Crippen molar-refractivity contribution in [2.75, 3.05) is 12.3 Å². The van der Waals surface area contributed by atoms with Gasteiger partial charge in [-0.15, -0.1) is 11.8 Å². The van der Waals surface area contributed by atoms with Crippen LogP contribution in [0.2, 0.25) is 15.1 Å². The molecule has 0 fully saturated rings. The Labute approximate surface area is 210 Å². The molecule has 2 aromatic rings. The average molecular weight is 516 g/mol. The third kappa shape index (κ3) is 8.51. The summed E-state index contributed by atoms with van der Waals surface area (Å²) in [6.45, 7) is 4.89. The Morgan fingerprint density at radius 3 is 2.38 bits per heavy atom. The number of nitrogens with zero attached hydrogens (tertiary/aromatic N) is 1. The van der Waals surface area contributed by atoms with Crippen molar-refractivity contribution in [3.05, 3.63) is 63.1 Å². The van der Waals surface area contributed by atoms with Gasteiger partial charge in [0, 0.05) is 35.2 Å². The van der Waals surface area contributed by atoms with Gasteiger partial charge in [0.2, 0.25) is 11.8 Å². The van der Waals surface area contributed by atoms with E-state index in [1.807, 2.05) is 37.3 Å². The van der Waals surface area contributed by atoms with Crippen LogP contribution >= 0.6 is 46.6 Å². The molecule has 4 nitrogen and oxygen atoms in total. The number of carbonyl (C=O) groups excluding carboxylic acids is 2. The van der Waals surface area contributed by atoms with Crippen LogP contribution in [-0.2, 0) is 16.1 Å². The van der Waals surface area contributed by atoms with Crippen molar-refractivity contribution in [3.8, 4) is 0 Å². The molecule has 1 atom stereocenters. The van der Waals surface area contributed by atoms with Gasteiger partial charge in [-0.05, 0) is 54.8 Å². The van der Waals surface area contributed by atoms with E-state index in [0.29, 0.717) is 46.8 Å². The lowest BCUT2D eigenvalue weighted by Crippen LogP contribution is -2.49. The number of rotatable bonds is 12. The number of unbranched alkanes of at least 4 members (excludes halogenated alkanes) is 1. The highest BCUT2D eigenvalue weighted by Gasteiger charge is 2.28. The minimum Gasteiger partial charge on any atom is -0.354 e. The number of nitrogens with one attached hydrogen (secondary N) is 1. The molecule has 0 saturated heterocycles. The zero-order chi connectivity index (χ0) is 23.5. The maximum Gasteiger partial charge on any atom is 0.242 e. The van der Waals surface area contributed by atoms with Crippen LogP contribution in [0.4, 0.5) is 0 Å². The quantitative estimate of drug-likeness (QED) is 0.248. The molecule has 2 aromatic carbocycles. The molecule has 0 unspecified atom stereocenters. The number of benzene rings is 2. The molecule has 0 spiro atoms. The van der Waals surface area contributed by atoms with Crippen molar-refractivity contribution in [1.29, 1.82) is 0 Å². The van der Waals surface area contributed by atoms with Crippen LogP contribution in [0.3, 0.4) is 0 Å². The summed E-state index contributed by atoms with van der Waals surface area (Å²) in [5.41, 5.74) is 0.831. The number of carbonyl (C=O) groups is 2. The fourth-order valence-corrected chi connectivity index (χ4v) is 4.48. The van der Waals surface area contributed by atoms with Crippen molar-refractivity contribution < 1.29 is 9.59 Å². The number of halogens is 3. The van der Waals surface area contributed by atoms with Gasteiger partial charge in [-0.3, -0.25) is 9.59 Å². The fourth-order valence-electron chi connectivity index (χ4n) is 3.19. The van der Waals surface area contributed by atoms with Gasteiger partial charge >= 0.3 is 0 Å². The van der Waals surface area contributed by atoms with Gasteiger partial charge in [0.05, 0.1) is 10.0 Å². The summed E-state index contributed by atoms with van der Waals surface area (Å²) < 4.78 is 0. The lowest BCUT2D eigenvalue weighted by molar-refractivity contribution is -0.141. The van der Waals surface area contributed by atoms with Gasteiger partial charge in [-0.2, -0.15) is 0 Å². The summed E-state index contributed by atoms with van der Waals surface area (Å²) in [7, 11) is 0. The Hall–Kier alpha value is -1.40. The van der Waals surface area contributed by atoms with Gasteiger partial charge in [0.25, 0.3) is 0 Å². The van der Waals surface area contributed by atoms with E-state index < -0.39 is 6.04 Å². The summed E-state index contributed by atoms with van der Waals surface area (Å²) in [6.07, 6.45) is 2.73. The largest absolute Gasteiger partial charge is 0.354 e. The fraction of sp³-hybridized carbons (Fsp3) is 0.417. The summed E-state index contributed by atoms with van der Waals surface area (Å²) in [5, 5.41) is 4.53. The summed E-state index contributed by atoms with van der Waals surface area (Å²) in [4.78, 5) is 28.8. The maximum absolute atomic E-state index is 13.2. The summed E-state index contributed by atoms with van der Waals surface area (Å²) >= 11 is 19.7. The second-order valence-corrected chi connectivity index (χ2v) is 9.81. The molecular formula is C24H29Cl3N2O2S. The first kappa shape index (κ1) is 26.8. The van der Waals surface area contributed by atoms with E-state index >= 15 is 0 Å². The normalized spacial score (nSPS) is 11.8. The van der Waals surface area contributed by atoms with Crippen LogP contribution in [0.25, 0.3) is 0 Å². The van der Waals surface area contributed by atoms with E-state index in [1.165, 1.54) is 0 Å². The first-order chi connectivity index (χ1) is 15.3. The molecule has 2 amide bonds. The lowest BCUT2D eigenvalue weighted by Gasteiger charge is -2.31. The van der Waals surface area contributed by atoms with Crippen molar-refractivity contribution >= 4 is 58.4 Å². The average Bonchev–Trinajstić information content (AvgIpc) is 2.77. The Morgan fingerprint density at radius 1 is 1.03 bits per heavy atom. The van der Waals surface area contributed by atoms with Crippen LogP contribution in [0.1, 0.15) is 45.1 Å². The Bertz CT molecular complexity index is 893. The van der Waals surface area contributed by atoms with Crippen LogP contribution in [0.15, 0.2) is 47.4 Å². The third-order valence-corrected chi connectivity index (χ3v) is 6.96.